The number of carboxylic acid groups (broad SMARTS) is 1. The summed E-state index contributed by atoms with van der Waals surface area (Å²) in [5.74, 6) is -1.79. The van der Waals surface area contributed by atoms with Crippen LogP contribution in [0.1, 0.15) is 10.4 Å². The molecular formula is C11H8O5S. The minimum absolute atomic E-state index is 0.106. The Balaban J connectivity index is 3.00. The van der Waals surface area contributed by atoms with Gasteiger partial charge in [0.25, 0.3) is 0 Å². The lowest BCUT2D eigenvalue weighted by molar-refractivity contribution is 0.0694. The number of aromatic carboxylic acids is 1. The van der Waals surface area contributed by atoms with Crippen LogP contribution in [0.2, 0.25) is 0 Å². The number of hydrogen-bond donors (Lipinski definition) is 3. The highest BCUT2D eigenvalue weighted by atomic mass is 32.2. The number of carboxylic acids is 1. The molecule has 0 aliphatic rings. The van der Waals surface area contributed by atoms with E-state index in [4.69, 9.17) is 5.11 Å². The molecule has 0 saturated heterocycles. The Labute approximate surface area is 97.9 Å². The highest BCUT2D eigenvalue weighted by molar-refractivity contribution is 7.72. The lowest BCUT2D eigenvalue weighted by Crippen LogP contribution is -1.99. The molecule has 17 heavy (non-hydrogen) atoms. The Morgan fingerprint density at radius 1 is 1.12 bits per heavy atom. The van der Waals surface area contributed by atoms with Crippen LogP contribution in [-0.2, 0) is 10.7 Å². The summed E-state index contributed by atoms with van der Waals surface area (Å²) in [6.45, 7) is 0. The Bertz CT molecular complexity index is 680. The van der Waals surface area contributed by atoms with E-state index < -0.39 is 28.0 Å². The predicted molar refractivity (Wildman–Crippen MR) is 61.2 cm³/mol. The van der Waals surface area contributed by atoms with Crippen LogP contribution in [0.5, 0.6) is 5.75 Å². The smallest absolute Gasteiger partial charge is 0.339 e. The van der Waals surface area contributed by atoms with E-state index in [0.717, 1.165) is 6.07 Å². The summed E-state index contributed by atoms with van der Waals surface area (Å²) in [7, 11) is -2.92. The van der Waals surface area contributed by atoms with Crippen molar-refractivity contribution >= 4 is 27.4 Å². The van der Waals surface area contributed by atoms with Gasteiger partial charge in [-0.1, -0.05) is 24.3 Å². The van der Waals surface area contributed by atoms with E-state index >= 15 is 0 Å². The second-order valence-electron chi connectivity index (χ2n) is 3.40. The summed E-state index contributed by atoms with van der Waals surface area (Å²) >= 11 is 0. The molecule has 0 atom stereocenters. The first-order valence-electron chi connectivity index (χ1n) is 4.64. The first-order valence-corrected chi connectivity index (χ1v) is 5.82. The summed E-state index contributed by atoms with van der Waals surface area (Å²) in [4.78, 5) is 10.8. The first-order chi connectivity index (χ1) is 8.02. The zero-order chi connectivity index (χ0) is 12.6. The van der Waals surface area contributed by atoms with E-state index in [-0.39, 0.29) is 10.3 Å². The minimum Gasteiger partial charge on any atom is -0.506 e. The van der Waals surface area contributed by atoms with Gasteiger partial charge in [0, 0.05) is 10.8 Å². The number of hydrogen-bond acceptors (Lipinski definition) is 4. The van der Waals surface area contributed by atoms with Gasteiger partial charge >= 0.3 is 5.97 Å². The molecule has 0 unspecified atom stereocenters. The third-order valence-corrected chi connectivity index (χ3v) is 3.18. The van der Waals surface area contributed by atoms with Crippen molar-refractivity contribution < 1.29 is 23.4 Å². The largest absolute Gasteiger partial charge is 0.506 e. The molecule has 2 rings (SSSR count). The average Bonchev–Trinajstić information content (AvgIpc) is 2.29. The van der Waals surface area contributed by atoms with Gasteiger partial charge < -0.3 is 10.2 Å². The minimum atomic E-state index is -2.92. The molecule has 0 aliphatic heterocycles. The van der Waals surface area contributed by atoms with Crippen LogP contribution in [0.25, 0.3) is 10.8 Å². The second-order valence-corrected chi connectivity index (χ2v) is 4.40. The fraction of sp³-hybridized carbons (Fsp3) is 0. The van der Waals surface area contributed by atoms with Crippen molar-refractivity contribution in [1.82, 2.24) is 0 Å². The maximum atomic E-state index is 11.1. The van der Waals surface area contributed by atoms with Crippen LogP contribution in [0, 0.1) is 0 Å². The molecule has 0 spiro atoms. The van der Waals surface area contributed by atoms with Crippen molar-refractivity contribution in [2.45, 2.75) is 4.90 Å². The van der Waals surface area contributed by atoms with Crippen molar-refractivity contribution in [3.8, 4) is 5.75 Å². The molecule has 2 aromatic rings. The van der Waals surface area contributed by atoms with Gasteiger partial charge in [-0.05, 0) is 6.07 Å². The monoisotopic (exact) mass is 252 g/mol. The standard InChI is InChI=1S/C11H8O5S/c12-10-7-4-2-1-3-6(7)9(17(15)16)5-8(10)11(13)14/h1-5,12,17H,(H,13,14). The first kappa shape index (κ1) is 11.4. The number of fused-ring (bicyclic) bond motifs is 1. The SMILES string of the molecule is O=C(O)c1cc([SH](=O)=O)c2ccccc2c1O. The number of thiol groups is 1. The van der Waals surface area contributed by atoms with Gasteiger partial charge in [0.1, 0.15) is 11.3 Å². The average molecular weight is 252 g/mol. The molecule has 2 N–H and O–H groups in total. The molecule has 0 heterocycles. The normalized spacial score (nSPS) is 10.9. The van der Waals surface area contributed by atoms with Gasteiger partial charge in [0.15, 0.2) is 10.7 Å². The summed E-state index contributed by atoms with van der Waals surface area (Å²) < 4.78 is 22.1. The molecule has 5 nitrogen and oxygen atoms in total. The molecule has 0 radical (unpaired) electrons. The van der Waals surface area contributed by atoms with Gasteiger partial charge in [0.05, 0.1) is 4.90 Å². The van der Waals surface area contributed by atoms with Crippen molar-refractivity contribution in [1.29, 1.82) is 0 Å². The fourth-order valence-corrected chi connectivity index (χ4v) is 2.28. The van der Waals surface area contributed by atoms with E-state index in [1.165, 1.54) is 12.1 Å². The number of benzene rings is 2. The van der Waals surface area contributed by atoms with Gasteiger partial charge in [0.2, 0.25) is 0 Å². The Morgan fingerprint density at radius 3 is 2.24 bits per heavy atom. The van der Waals surface area contributed by atoms with Crippen LogP contribution >= 0.6 is 0 Å². The third-order valence-electron chi connectivity index (χ3n) is 2.42. The number of carbonyl (C=O) groups is 1. The van der Waals surface area contributed by atoms with E-state index in [2.05, 4.69) is 0 Å². The van der Waals surface area contributed by atoms with Gasteiger partial charge in [-0.15, -0.1) is 0 Å². The third kappa shape index (κ3) is 1.83. The molecule has 88 valence electrons. The van der Waals surface area contributed by atoms with Crippen LogP contribution in [0.3, 0.4) is 0 Å². The molecule has 0 bridgehead atoms. The van der Waals surface area contributed by atoms with E-state index in [1.807, 2.05) is 0 Å². The molecule has 6 heteroatoms. The Morgan fingerprint density at radius 2 is 1.71 bits per heavy atom. The van der Waals surface area contributed by atoms with E-state index in [9.17, 15) is 18.3 Å². The molecule has 0 aliphatic carbocycles. The maximum absolute atomic E-state index is 11.1. The van der Waals surface area contributed by atoms with Crippen LogP contribution < -0.4 is 0 Å². The van der Waals surface area contributed by atoms with Crippen molar-refractivity contribution in [2.24, 2.45) is 0 Å². The van der Waals surface area contributed by atoms with Gasteiger partial charge in [-0.2, -0.15) is 0 Å². The summed E-state index contributed by atoms with van der Waals surface area (Å²) in [5, 5.41) is 19.1. The summed E-state index contributed by atoms with van der Waals surface area (Å²) in [5.41, 5.74) is -0.419. The van der Waals surface area contributed by atoms with Crippen LogP contribution in [-0.4, -0.2) is 24.6 Å². The lowest BCUT2D eigenvalue weighted by Gasteiger charge is -2.06. The highest BCUT2D eigenvalue weighted by Gasteiger charge is 2.16. The molecule has 0 saturated carbocycles. The van der Waals surface area contributed by atoms with E-state index in [0.29, 0.717) is 5.39 Å². The molecule has 2 aromatic carbocycles. The van der Waals surface area contributed by atoms with Crippen LogP contribution in [0.4, 0.5) is 0 Å². The Kier molecular flexibility index (Phi) is 2.72. The number of aromatic hydroxyl groups is 1. The van der Waals surface area contributed by atoms with E-state index in [1.54, 1.807) is 12.1 Å². The maximum Gasteiger partial charge on any atom is 0.339 e. The predicted octanol–water partition coefficient (Wildman–Crippen LogP) is 1.21. The second kappa shape index (κ2) is 4.06. The lowest BCUT2D eigenvalue weighted by atomic mass is 10.1. The van der Waals surface area contributed by atoms with Gasteiger partial charge in [-0.3, -0.25) is 0 Å². The van der Waals surface area contributed by atoms with Crippen molar-refractivity contribution in [3.63, 3.8) is 0 Å². The number of rotatable bonds is 2. The fourth-order valence-electron chi connectivity index (χ4n) is 1.65. The quantitative estimate of drug-likeness (QED) is 0.699. The Hall–Kier alpha value is -2.08. The van der Waals surface area contributed by atoms with Crippen molar-refractivity contribution in [3.05, 3.63) is 35.9 Å². The summed E-state index contributed by atoms with van der Waals surface area (Å²) in [6, 6.07) is 7.16. The zero-order valence-electron chi connectivity index (χ0n) is 8.45. The molecule has 0 fully saturated rings. The highest BCUT2D eigenvalue weighted by Crippen LogP contribution is 2.32. The number of phenols is 1. The molecule has 0 aromatic heterocycles. The van der Waals surface area contributed by atoms with Crippen LogP contribution in [0.15, 0.2) is 35.2 Å². The topological polar surface area (TPSA) is 91.7 Å². The molecular weight excluding hydrogens is 244 g/mol. The van der Waals surface area contributed by atoms with Gasteiger partial charge in [-0.25, -0.2) is 13.2 Å². The molecule has 0 amide bonds. The van der Waals surface area contributed by atoms with Crippen molar-refractivity contribution in [2.75, 3.05) is 0 Å². The zero-order valence-corrected chi connectivity index (χ0v) is 9.35. The summed E-state index contributed by atoms with van der Waals surface area (Å²) in [6.07, 6.45) is 0.